The van der Waals surface area contributed by atoms with Crippen molar-refractivity contribution in [1.82, 2.24) is 10.1 Å². The standard InChI is InChI=1S/C10H7F4N3O/c11-5-1-2-6(7(15)3-5)9-16-8(17-18-9)4-10(12,13)14/h1-3H,4,15H2. The summed E-state index contributed by atoms with van der Waals surface area (Å²) in [6.45, 7) is 0. The van der Waals surface area contributed by atoms with Gasteiger partial charge in [0.05, 0.1) is 5.56 Å². The topological polar surface area (TPSA) is 64.9 Å². The number of nitrogens with zero attached hydrogens (tertiary/aromatic N) is 2. The molecule has 0 radical (unpaired) electrons. The highest BCUT2D eigenvalue weighted by Gasteiger charge is 2.30. The van der Waals surface area contributed by atoms with E-state index in [0.717, 1.165) is 12.1 Å². The van der Waals surface area contributed by atoms with Crippen LogP contribution < -0.4 is 5.73 Å². The van der Waals surface area contributed by atoms with Gasteiger partial charge in [0.1, 0.15) is 12.2 Å². The number of aromatic nitrogens is 2. The highest BCUT2D eigenvalue weighted by atomic mass is 19.4. The van der Waals surface area contributed by atoms with Gasteiger partial charge in [-0.3, -0.25) is 0 Å². The molecule has 0 aliphatic heterocycles. The molecule has 0 saturated carbocycles. The maximum absolute atomic E-state index is 12.8. The molecular formula is C10H7F4N3O. The van der Waals surface area contributed by atoms with Crippen LogP contribution >= 0.6 is 0 Å². The molecule has 0 unspecified atom stereocenters. The first-order chi connectivity index (χ1) is 8.35. The fourth-order valence-corrected chi connectivity index (χ4v) is 1.34. The Labute approximate surface area is 98.4 Å². The SMILES string of the molecule is Nc1cc(F)ccc1-c1nc(CC(F)(F)F)no1. The molecule has 1 aromatic carbocycles. The molecule has 0 saturated heterocycles. The van der Waals surface area contributed by atoms with Crippen molar-refractivity contribution in [3.8, 4) is 11.5 Å². The Morgan fingerprint density at radius 1 is 1.28 bits per heavy atom. The van der Waals surface area contributed by atoms with Crippen molar-refractivity contribution in [3.05, 3.63) is 29.8 Å². The van der Waals surface area contributed by atoms with E-state index in [1.54, 1.807) is 0 Å². The van der Waals surface area contributed by atoms with Crippen molar-refractivity contribution in [2.75, 3.05) is 5.73 Å². The summed E-state index contributed by atoms with van der Waals surface area (Å²) in [4.78, 5) is 3.56. The minimum atomic E-state index is -4.42. The molecule has 2 N–H and O–H groups in total. The molecule has 0 fully saturated rings. The highest BCUT2D eigenvalue weighted by molar-refractivity contribution is 5.70. The molecule has 96 valence electrons. The van der Waals surface area contributed by atoms with Gasteiger partial charge in [-0.25, -0.2) is 4.39 Å². The molecule has 0 amide bonds. The predicted octanol–water partition coefficient (Wildman–Crippen LogP) is 2.56. The van der Waals surface area contributed by atoms with Crippen LogP contribution in [0.1, 0.15) is 5.82 Å². The van der Waals surface area contributed by atoms with Crippen LogP contribution in [-0.4, -0.2) is 16.3 Å². The normalized spacial score (nSPS) is 11.8. The van der Waals surface area contributed by atoms with Crippen LogP contribution in [0.25, 0.3) is 11.5 Å². The number of benzene rings is 1. The van der Waals surface area contributed by atoms with Crippen LogP contribution in [0.4, 0.5) is 23.2 Å². The Bertz CT molecular complexity index is 564. The van der Waals surface area contributed by atoms with Gasteiger partial charge in [-0.2, -0.15) is 18.2 Å². The van der Waals surface area contributed by atoms with Gasteiger partial charge in [0, 0.05) is 5.69 Å². The third-order valence-corrected chi connectivity index (χ3v) is 2.07. The van der Waals surface area contributed by atoms with Crippen molar-refractivity contribution in [2.45, 2.75) is 12.6 Å². The summed E-state index contributed by atoms with van der Waals surface area (Å²) in [5, 5.41) is 3.19. The van der Waals surface area contributed by atoms with Crippen LogP contribution in [0.2, 0.25) is 0 Å². The first-order valence-corrected chi connectivity index (χ1v) is 4.80. The molecule has 8 heteroatoms. The van der Waals surface area contributed by atoms with Crippen molar-refractivity contribution < 1.29 is 22.1 Å². The lowest BCUT2D eigenvalue weighted by Gasteiger charge is -2.00. The van der Waals surface area contributed by atoms with E-state index in [9.17, 15) is 17.6 Å². The second-order valence-corrected chi connectivity index (χ2v) is 3.54. The Balaban J connectivity index is 2.29. The van der Waals surface area contributed by atoms with E-state index in [1.807, 2.05) is 0 Å². The number of hydrogen-bond acceptors (Lipinski definition) is 4. The minimum Gasteiger partial charge on any atom is -0.398 e. The monoisotopic (exact) mass is 261 g/mol. The van der Waals surface area contributed by atoms with E-state index in [2.05, 4.69) is 14.7 Å². The maximum atomic E-state index is 12.8. The quantitative estimate of drug-likeness (QED) is 0.666. The van der Waals surface area contributed by atoms with Gasteiger partial charge in [-0.1, -0.05) is 5.16 Å². The maximum Gasteiger partial charge on any atom is 0.396 e. The van der Waals surface area contributed by atoms with E-state index in [0.29, 0.717) is 0 Å². The lowest BCUT2D eigenvalue weighted by molar-refractivity contribution is -0.128. The lowest BCUT2D eigenvalue weighted by Crippen LogP contribution is -2.12. The average Bonchev–Trinajstić information content (AvgIpc) is 2.63. The Kier molecular flexibility index (Phi) is 2.93. The van der Waals surface area contributed by atoms with E-state index in [1.165, 1.54) is 6.07 Å². The summed E-state index contributed by atoms with van der Waals surface area (Å²) >= 11 is 0. The summed E-state index contributed by atoms with van der Waals surface area (Å²) in [6.07, 6.45) is -5.72. The molecular weight excluding hydrogens is 254 g/mol. The Morgan fingerprint density at radius 3 is 2.61 bits per heavy atom. The molecule has 2 rings (SSSR count). The molecule has 0 spiro atoms. The van der Waals surface area contributed by atoms with Gasteiger partial charge in [0.15, 0.2) is 5.82 Å². The number of anilines is 1. The number of hydrogen-bond donors (Lipinski definition) is 1. The molecule has 0 bridgehead atoms. The summed E-state index contributed by atoms with van der Waals surface area (Å²) in [5.41, 5.74) is 5.70. The Morgan fingerprint density at radius 2 is 2.00 bits per heavy atom. The summed E-state index contributed by atoms with van der Waals surface area (Å²) in [6, 6.07) is 3.37. The average molecular weight is 261 g/mol. The van der Waals surface area contributed by atoms with Gasteiger partial charge < -0.3 is 10.3 Å². The zero-order valence-corrected chi connectivity index (χ0v) is 8.83. The summed E-state index contributed by atoms with van der Waals surface area (Å²) in [5.74, 6) is -1.24. The van der Waals surface area contributed by atoms with Crippen LogP contribution in [-0.2, 0) is 6.42 Å². The van der Waals surface area contributed by atoms with E-state index in [-0.39, 0.29) is 17.1 Å². The first kappa shape index (κ1) is 12.3. The second-order valence-electron chi connectivity index (χ2n) is 3.54. The van der Waals surface area contributed by atoms with Crippen molar-refractivity contribution in [2.24, 2.45) is 0 Å². The number of nitrogens with two attached hydrogens (primary N) is 1. The van der Waals surface area contributed by atoms with Gasteiger partial charge in [0.25, 0.3) is 5.89 Å². The molecule has 1 heterocycles. The number of rotatable bonds is 2. The number of alkyl halides is 3. The fourth-order valence-electron chi connectivity index (χ4n) is 1.34. The van der Waals surface area contributed by atoms with Gasteiger partial charge in [-0.15, -0.1) is 0 Å². The molecule has 2 aromatic rings. The van der Waals surface area contributed by atoms with E-state index >= 15 is 0 Å². The van der Waals surface area contributed by atoms with E-state index in [4.69, 9.17) is 5.73 Å². The number of nitrogen functional groups attached to an aromatic ring is 1. The third kappa shape index (κ3) is 2.76. The Hall–Kier alpha value is -2.12. The summed E-state index contributed by atoms with van der Waals surface area (Å²) < 4.78 is 53.7. The number of halogens is 4. The predicted molar refractivity (Wildman–Crippen MR) is 53.9 cm³/mol. The van der Waals surface area contributed by atoms with Gasteiger partial charge in [0.2, 0.25) is 0 Å². The molecule has 1 aromatic heterocycles. The van der Waals surface area contributed by atoms with Gasteiger partial charge in [-0.05, 0) is 18.2 Å². The van der Waals surface area contributed by atoms with Crippen molar-refractivity contribution in [1.29, 1.82) is 0 Å². The molecule has 0 atom stereocenters. The first-order valence-electron chi connectivity index (χ1n) is 4.80. The zero-order valence-electron chi connectivity index (χ0n) is 8.83. The second kappa shape index (κ2) is 4.28. The third-order valence-electron chi connectivity index (χ3n) is 2.07. The highest BCUT2D eigenvalue weighted by Crippen LogP contribution is 2.26. The van der Waals surface area contributed by atoms with Gasteiger partial charge >= 0.3 is 6.18 Å². The van der Waals surface area contributed by atoms with Crippen LogP contribution in [0.3, 0.4) is 0 Å². The fraction of sp³-hybridized carbons (Fsp3) is 0.200. The summed E-state index contributed by atoms with van der Waals surface area (Å²) in [7, 11) is 0. The van der Waals surface area contributed by atoms with Crippen LogP contribution in [0.15, 0.2) is 22.7 Å². The van der Waals surface area contributed by atoms with E-state index < -0.39 is 24.2 Å². The lowest BCUT2D eigenvalue weighted by atomic mass is 10.2. The molecule has 0 aliphatic rings. The zero-order chi connectivity index (χ0) is 13.3. The molecule has 0 aliphatic carbocycles. The van der Waals surface area contributed by atoms with Crippen LogP contribution in [0, 0.1) is 5.82 Å². The largest absolute Gasteiger partial charge is 0.398 e. The van der Waals surface area contributed by atoms with Crippen molar-refractivity contribution >= 4 is 5.69 Å². The molecule has 4 nitrogen and oxygen atoms in total. The minimum absolute atomic E-state index is 0.0113. The smallest absolute Gasteiger partial charge is 0.396 e. The van der Waals surface area contributed by atoms with Crippen molar-refractivity contribution in [3.63, 3.8) is 0 Å². The molecule has 18 heavy (non-hydrogen) atoms. The van der Waals surface area contributed by atoms with Crippen LogP contribution in [0.5, 0.6) is 0 Å².